The standard InChI is InChI=1S/C13H12N2O3S/c1-18-13-8-10(2-3-12(13)15(16)17)9-19-11-4-6-14-7-5-11/h2-8H,9H2,1H3. The van der Waals surface area contributed by atoms with Crippen LogP contribution in [0.5, 0.6) is 5.75 Å². The van der Waals surface area contributed by atoms with Gasteiger partial charge in [-0.25, -0.2) is 0 Å². The maximum Gasteiger partial charge on any atom is 0.310 e. The van der Waals surface area contributed by atoms with E-state index in [1.165, 1.54) is 13.2 Å². The first-order valence-electron chi connectivity index (χ1n) is 5.55. The number of hydrogen-bond acceptors (Lipinski definition) is 5. The zero-order chi connectivity index (χ0) is 13.7. The van der Waals surface area contributed by atoms with Crippen LogP contribution in [0.25, 0.3) is 0 Å². The Bertz CT molecular complexity index is 575. The Morgan fingerprint density at radius 1 is 1.32 bits per heavy atom. The van der Waals surface area contributed by atoms with Crippen LogP contribution in [0.4, 0.5) is 5.69 Å². The van der Waals surface area contributed by atoms with Crippen molar-refractivity contribution >= 4 is 17.4 Å². The largest absolute Gasteiger partial charge is 0.490 e. The number of ether oxygens (including phenoxy) is 1. The van der Waals surface area contributed by atoms with E-state index < -0.39 is 4.92 Å². The molecule has 0 unspecified atom stereocenters. The van der Waals surface area contributed by atoms with Crippen LogP contribution in [0, 0.1) is 10.1 Å². The smallest absolute Gasteiger partial charge is 0.310 e. The average molecular weight is 276 g/mol. The highest BCUT2D eigenvalue weighted by Crippen LogP contribution is 2.30. The van der Waals surface area contributed by atoms with E-state index in [1.807, 2.05) is 12.1 Å². The van der Waals surface area contributed by atoms with Crippen LogP contribution in [0.15, 0.2) is 47.6 Å². The summed E-state index contributed by atoms with van der Waals surface area (Å²) in [7, 11) is 1.43. The summed E-state index contributed by atoms with van der Waals surface area (Å²) >= 11 is 1.64. The van der Waals surface area contributed by atoms with Crippen molar-refractivity contribution in [3.05, 3.63) is 58.4 Å². The molecule has 0 aliphatic heterocycles. The summed E-state index contributed by atoms with van der Waals surface area (Å²) in [6, 6.07) is 8.77. The van der Waals surface area contributed by atoms with E-state index in [2.05, 4.69) is 4.98 Å². The lowest BCUT2D eigenvalue weighted by Crippen LogP contribution is -1.94. The van der Waals surface area contributed by atoms with Crippen molar-refractivity contribution < 1.29 is 9.66 Å². The van der Waals surface area contributed by atoms with Crippen molar-refractivity contribution in [2.24, 2.45) is 0 Å². The summed E-state index contributed by atoms with van der Waals surface area (Å²) in [6.45, 7) is 0. The molecule has 0 N–H and O–H groups in total. The van der Waals surface area contributed by atoms with Crippen LogP contribution in [0.3, 0.4) is 0 Å². The minimum atomic E-state index is -0.446. The summed E-state index contributed by atoms with van der Waals surface area (Å²) in [5.41, 5.74) is 0.962. The highest BCUT2D eigenvalue weighted by molar-refractivity contribution is 7.98. The van der Waals surface area contributed by atoms with Gasteiger partial charge in [-0.05, 0) is 23.8 Å². The Labute approximate surface area is 114 Å². The number of methoxy groups -OCH3 is 1. The first kappa shape index (κ1) is 13.4. The van der Waals surface area contributed by atoms with Gasteiger partial charge in [-0.1, -0.05) is 6.07 Å². The SMILES string of the molecule is COc1cc(CSc2ccncc2)ccc1[N+](=O)[O-]. The summed E-state index contributed by atoms with van der Waals surface area (Å²) < 4.78 is 5.04. The van der Waals surface area contributed by atoms with Gasteiger partial charge in [0.15, 0.2) is 5.75 Å². The maximum absolute atomic E-state index is 10.8. The lowest BCUT2D eigenvalue weighted by Gasteiger charge is -2.05. The monoisotopic (exact) mass is 276 g/mol. The quantitative estimate of drug-likeness (QED) is 0.476. The van der Waals surface area contributed by atoms with Crippen molar-refractivity contribution in [3.8, 4) is 5.75 Å². The number of nitrogens with zero attached hydrogens (tertiary/aromatic N) is 2. The Hall–Kier alpha value is -2.08. The van der Waals surface area contributed by atoms with Crippen LogP contribution in [0.1, 0.15) is 5.56 Å². The van der Waals surface area contributed by atoms with Gasteiger partial charge in [0.1, 0.15) is 0 Å². The van der Waals surface area contributed by atoms with E-state index in [1.54, 1.807) is 36.3 Å². The van der Waals surface area contributed by atoms with E-state index in [0.717, 1.165) is 16.2 Å². The van der Waals surface area contributed by atoms with Crippen molar-refractivity contribution in [1.29, 1.82) is 0 Å². The number of aromatic nitrogens is 1. The summed E-state index contributed by atoms with van der Waals surface area (Å²) in [5.74, 6) is 1.01. The number of rotatable bonds is 5. The molecule has 0 amide bonds. The van der Waals surface area contributed by atoms with Crippen LogP contribution < -0.4 is 4.74 Å². The third-order valence-corrected chi connectivity index (χ3v) is 3.58. The molecule has 0 atom stereocenters. The molecular formula is C13H12N2O3S. The fraction of sp³-hybridized carbons (Fsp3) is 0.154. The maximum atomic E-state index is 10.8. The molecule has 0 aliphatic rings. The predicted molar refractivity (Wildman–Crippen MR) is 73.4 cm³/mol. The number of nitro benzene ring substituents is 1. The highest BCUT2D eigenvalue weighted by atomic mass is 32.2. The second-order valence-corrected chi connectivity index (χ2v) is 4.78. The summed E-state index contributed by atoms with van der Waals surface area (Å²) in [6.07, 6.45) is 3.47. The van der Waals surface area contributed by atoms with E-state index in [0.29, 0.717) is 0 Å². The van der Waals surface area contributed by atoms with Gasteiger partial charge < -0.3 is 4.74 Å². The minimum Gasteiger partial charge on any atom is -0.490 e. The van der Waals surface area contributed by atoms with E-state index >= 15 is 0 Å². The molecule has 2 aromatic rings. The molecule has 0 fully saturated rings. The first-order valence-corrected chi connectivity index (χ1v) is 6.53. The fourth-order valence-electron chi connectivity index (χ4n) is 1.56. The molecule has 0 spiro atoms. The number of nitro groups is 1. The molecule has 5 nitrogen and oxygen atoms in total. The normalized spacial score (nSPS) is 10.2. The zero-order valence-corrected chi connectivity index (χ0v) is 11.1. The topological polar surface area (TPSA) is 65.3 Å². The molecule has 1 aromatic heterocycles. The molecule has 0 saturated carbocycles. The Balaban J connectivity index is 2.11. The van der Waals surface area contributed by atoms with Gasteiger partial charge in [0, 0.05) is 29.1 Å². The second-order valence-electron chi connectivity index (χ2n) is 3.73. The average Bonchev–Trinajstić information content (AvgIpc) is 2.45. The number of hydrogen-bond donors (Lipinski definition) is 0. The van der Waals surface area contributed by atoms with Gasteiger partial charge in [-0.2, -0.15) is 0 Å². The molecule has 0 bridgehead atoms. The Morgan fingerprint density at radius 2 is 2.05 bits per heavy atom. The third-order valence-electron chi connectivity index (χ3n) is 2.50. The summed E-state index contributed by atoms with van der Waals surface area (Å²) in [4.78, 5) is 15.4. The Kier molecular flexibility index (Phi) is 4.35. The molecular weight excluding hydrogens is 264 g/mol. The molecule has 0 saturated heterocycles. The molecule has 0 radical (unpaired) electrons. The molecule has 2 rings (SSSR count). The first-order chi connectivity index (χ1) is 9.20. The second kappa shape index (κ2) is 6.19. The van der Waals surface area contributed by atoms with E-state index in [9.17, 15) is 10.1 Å². The van der Waals surface area contributed by atoms with Crippen LogP contribution in [-0.4, -0.2) is 17.0 Å². The highest BCUT2D eigenvalue weighted by Gasteiger charge is 2.14. The zero-order valence-electron chi connectivity index (χ0n) is 10.3. The number of pyridine rings is 1. The van der Waals surface area contributed by atoms with Crippen molar-refractivity contribution in [2.75, 3.05) is 7.11 Å². The van der Waals surface area contributed by atoms with Gasteiger partial charge in [-0.15, -0.1) is 11.8 Å². The van der Waals surface area contributed by atoms with Crippen molar-refractivity contribution in [2.45, 2.75) is 10.6 Å². The van der Waals surface area contributed by atoms with Crippen LogP contribution in [-0.2, 0) is 5.75 Å². The molecule has 6 heteroatoms. The predicted octanol–water partition coefficient (Wildman–Crippen LogP) is 3.29. The van der Waals surface area contributed by atoms with Gasteiger partial charge >= 0.3 is 5.69 Å². The molecule has 98 valence electrons. The lowest BCUT2D eigenvalue weighted by atomic mass is 10.2. The molecule has 0 aliphatic carbocycles. The van der Waals surface area contributed by atoms with E-state index in [-0.39, 0.29) is 11.4 Å². The van der Waals surface area contributed by atoms with Gasteiger partial charge in [0.25, 0.3) is 0 Å². The van der Waals surface area contributed by atoms with Gasteiger partial charge in [0.2, 0.25) is 0 Å². The molecule has 1 aromatic carbocycles. The summed E-state index contributed by atoms with van der Waals surface area (Å²) in [5, 5.41) is 10.8. The van der Waals surface area contributed by atoms with Crippen molar-refractivity contribution in [3.63, 3.8) is 0 Å². The van der Waals surface area contributed by atoms with Gasteiger partial charge in [0.05, 0.1) is 12.0 Å². The Morgan fingerprint density at radius 3 is 2.68 bits per heavy atom. The number of benzene rings is 1. The fourth-order valence-corrected chi connectivity index (χ4v) is 2.39. The van der Waals surface area contributed by atoms with Gasteiger partial charge in [-0.3, -0.25) is 15.1 Å². The van der Waals surface area contributed by atoms with E-state index in [4.69, 9.17) is 4.74 Å². The third kappa shape index (κ3) is 3.45. The van der Waals surface area contributed by atoms with Crippen LogP contribution in [0.2, 0.25) is 0 Å². The number of thioether (sulfide) groups is 1. The van der Waals surface area contributed by atoms with Crippen molar-refractivity contribution in [1.82, 2.24) is 4.98 Å². The van der Waals surface area contributed by atoms with Crippen LogP contribution >= 0.6 is 11.8 Å². The minimum absolute atomic E-state index is 0.0137. The molecule has 1 heterocycles. The lowest BCUT2D eigenvalue weighted by molar-refractivity contribution is -0.385. The molecule has 19 heavy (non-hydrogen) atoms.